The Kier molecular flexibility index (Phi) is 19.6. The summed E-state index contributed by atoms with van der Waals surface area (Å²) in [5.41, 5.74) is 0. The molecular weight excluding hydrogens is 405 g/mol. The molecule has 0 aromatic rings. The fourth-order valence-electron chi connectivity index (χ4n) is 4.46. The van der Waals surface area contributed by atoms with Gasteiger partial charge in [0.15, 0.2) is 16.6 Å². The molecule has 0 aromatic heterocycles. The number of rotatable bonds is 22. The molecule has 29 heavy (non-hydrogen) atoms. The van der Waals surface area contributed by atoms with Crippen LogP contribution in [0.4, 0.5) is 0 Å². The molecule has 0 bridgehead atoms. The molecule has 0 fully saturated rings. The van der Waals surface area contributed by atoms with Crippen molar-refractivity contribution in [3.05, 3.63) is 0 Å². The fraction of sp³-hybridized carbons (Fsp3) is 1.00. The van der Waals surface area contributed by atoms with Gasteiger partial charge in [0.1, 0.15) is 0 Å². The minimum absolute atomic E-state index is 0.841. The van der Waals surface area contributed by atoms with Crippen LogP contribution in [-0.2, 0) is 8.23 Å². The van der Waals surface area contributed by atoms with Gasteiger partial charge in [-0.3, -0.25) is 0 Å². The van der Waals surface area contributed by atoms with Gasteiger partial charge in [0.05, 0.1) is 0 Å². The van der Waals surface area contributed by atoms with E-state index in [0.29, 0.717) is 0 Å². The first-order valence-electron chi connectivity index (χ1n) is 13.3. The normalized spacial score (nSPS) is 12.6. The van der Waals surface area contributed by atoms with E-state index in [1.54, 1.807) is 0 Å². The molecule has 0 saturated carbocycles. The molecule has 0 amide bonds. The van der Waals surface area contributed by atoms with Crippen LogP contribution in [0.25, 0.3) is 0 Å². The molecule has 0 saturated heterocycles. The Morgan fingerprint density at radius 1 is 0.414 bits per heavy atom. The predicted octanol–water partition coefficient (Wildman–Crippen LogP) is 8.71. The Labute approximate surface area is 189 Å². The molecule has 0 atom stereocenters. The molecule has 0 heterocycles. The molecule has 0 rings (SSSR count). The molecule has 0 radical (unpaired) electrons. The van der Waals surface area contributed by atoms with E-state index in [0.717, 1.165) is 0 Å². The summed E-state index contributed by atoms with van der Waals surface area (Å²) in [6.07, 6.45) is 16.0. The summed E-state index contributed by atoms with van der Waals surface area (Å²) in [6.45, 7) is 14.0. The van der Waals surface area contributed by atoms with Crippen LogP contribution in [-0.4, -0.2) is 26.6 Å². The second kappa shape index (κ2) is 19.3. The van der Waals surface area contributed by atoms with Crippen molar-refractivity contribution in [1.82, 2.24) is 0 Å². The average molecular weight is 461 g/mol. The van der Waals surface area contributed by atoms with E-state index in [9.17, 15) is 0 Å². The van der Waals surface area contributed by atoms with Crippen LogP contribution in [0.1, 0.15) is 119 Å². The van der Waals surface area contributed by atoms with Crippen molar-refractivity contribution in [3.8, 4) is 0 Å². The zero-order valence-corrected chi connectivity index (χ0v) is 24.7. The summed E-state index contributed by atoms with van der Waals surface area (Å²) < 4.78 is 14.0. The zero-order valence-electron chi connectivity index (χ0n) is 21.3. The highest BCUT2D eigenvalue weighted by Crippen LogP contribution is 2.32. The first-order valence-corrected chi connectivity index (χ1v) is 19.6. The van der Waals surface area contributed by atoms with Gasteiger partial charge in [0.25, 0.3) is 10.0 Å². The van der Waals surface area contributed by atoms with Crippen LogP contribution in [0, 0.1) is 0 Å². The van der Waals surface area contributed by atoms with Crippen molar-refractivity contribution >= 4 is 26.6 Å². The van der Waals surface area contributed by atoms with Crippen LogP contribution in [0.3, 0.4) is 0 Å². The third kappa shape index (κ3) is 13.6. The molecule has 2 nitrogen and oxygen atoms in total. The molecule has 0 aromatic carbocycles. The second-order valence-corrected chi connectivity index (χ2v) is 19.7. The minimum atomic E-state index is -1.59. The first-order chi connectivity index (χ1) is 14.1. The summed E-state index contributed by atoms with van der Waals surface area (Å²) in [4.78, 5) is 0. The van der Waals surface area contributed by atoms with E-state index in [2.05, 4.69) is 41.5 Å². The Balaban J connectivity index is 5.21. The lowest BCUT2D eigenvalue weighted by Gasteiger charge is -2.37. The third-order valence-electron chi connectivity index (χ3n) is 6.65. The van der Waals surface area contributed by atoms with Crippen LogP contribution in [0.15, 0.2) is 0 Å². The minimum Gasteiger partial charge on any atom is -0.440 e. The first kappa shape index (κ1) is 29.6. The van der Waals surface area contributed by atoms with E-state index in [4.69, 9.17) is 8.23 Å². The monoisotopic (exact) mass is 460 g/mol. The molecule has 176 valence electrons. The van der Waals surface area contributed by atoms with Gasteiger partial charge in [-0.1, -0.05) is 119 Å². The lowest BCUT2D eigenvalue weighted by molar-refractivity contribution is 0.421. The summed E-state index contributed by atoms with van der Waals surface area (Å²) in [5.74, 6) is 0. The van der Waals surface area contributed by atoms with Gasteiger partial charge in [0.2, 0.25) is 0 Å². The number of hydrogen-bond donors (Lipinski definition) is 0. The van der Waals surface area contributed by atoms with Gasteiger partial charge < -0.3 is 8.23 Å². The van der Waals surface area contributed by atoms with E-state index >= 15 is 0 Å². The number of unbranched alkanes of at least 4 members (excludes halogenated alkanes) is 6. The smallest absolute Gasteiger partial charge is 0.283 e. The molecule has 0 aliphatic rings. The lowest BCUT2D eigenvalue weighted by atomic mass is 10.4. The highest BCUT2D eigenvalue weighted by atomic mass is 28.4. The molecular formula is C24H56O2Si3. The van der Waals surface area contributed by atoms with Gasteiger partial charge in [-0.05, 0) is 36.3 Å². The van der Waals surface area contributed by atoms with E-state index in [1.165, 1.54) is 113 Å². The van der Waals surface area contributed by atoms with E-state index < -0.39 is 26.6 Å². The van der Waals surface area contributed by atoms with Gasteiger partial charge in [-0.25, -0.2) is 0 Å². The van der Waals surface area contributed by atoms with Crippen molar-refractivity contribution in [2.45, 2.75) is 155 Å². The highest BCUT2D eigenvalue weighted by Gasteiger charge is 2.36. The van der Waals surface area contributed by atoms with Crippen molar-refractivity contribution in [2.75, 3.05) is 0 Å². The third-order valence-corrected chi connectivity index (χ3v) is 20.1. The van der Waals surface area contributed by atoms with Crippen molar-refractivity contribution in [3.63, 3.8) is 0 Å². The Morgan fingerprint density at radius 3 is 0.793 bits per heavy atom. The Morgan fingerprint density at radius 2 is 0.621 bits per heavy atom. The largest absolute Gasteiger partial charge is 0.440 e. The van der Waals surface area contributed by atoms with Gasteiger partial charge in [-0.2, -0.15) is 0 Å². The highest BCUT2D eigenvalue weighted by molar-refractivity contribution is 6.80. The number of hydrogen-bond acceptors (Lipinski definition) is 2. The molecule has 0 aliphatic heterocycles. The van der Waals surface area contributed by atoms with Crippen molar-refractivity contribution in [1.29, 1.82) is 0 Å². The Hall–Kier alpha value is 0.571. The van der Waals surface area contributed by atoms with Gasteiger partial charge in [-0.15, -0.1) is 0 Å². The summed E-state index contributed by atoms with van der Waals surface area (Å²) in [5, 5.41) is 0. The zero-order chi connectivity index (χ0) is 21.8. The molecule has 0 N–H and O–H groups in total. The standard InChI is InChI=1S/C24H56O2Si3/c1-7-13-19-28(20-14-8-2,21-15-9-3)25-27-26-29(22-16-10-4,23-17-11-5)24-18-12-6/h7-24,27H2,1-6H3. The van der Waals surface area contributed by atoms with Gasteiger partial charge >= 0.3 is 0 Å². The average Bonchev–Trinajstić information content (AvgIpc) is 2.75. The second-order valence-electron chi connectivity index (χ2n) is 9.39. The summed E-state index contributed by atoms with van der Waals surface area (Å²) >= 11 is 0. The predicted molar refractivity (Wildman–Crippen MR) is 141 cm³/mol. The molecule has 0 spiro atoms. The van der Waals surface area contributed by atoms with Gasteiger partial charge in [0, 0.05) is 0 Å². The topological polar surface area (TPSA) is 18.5 Å². The summed E-state index contributed by atoms with van der Waals surface area (Å²) in [7, 11) is -4.03. The summed E-state index contributed by atoms with van der Waals surface area (Å²) in [6, 6.07) is 8.29. The maximum Gasteiger partial charge on any atom is 0.283 e. The van der Waals surface area contributed by atoms with Crippen LogP contribution in [0.2, 0.25) is 36.3 Å². The molecule has 0 unspecified atom stereocenters. The SMILES string of the molecule is CCCC[Si](CCCC)(CCCC)O[SiH2]O[Si](CCCC)(CCCC)CCCC. The van der Waals surface area contributed by atoms with Crippen LogP contribution < -0.4 is 0 Å². The molecule has 5 heteroatoms. The quantitative estimate of drug-likeness (QED) is 0.150. The maximum absolute atomic E-state index is 7.02. The van der Waals surface area contributed by atoms with Crippen LogP contribution >= 0.6 is 0 Å². The van der Waals surface area contributed by atoms with Crippen LogP contribution in [0.5, 0.6) is 0 Å². The molecule has 0 aliphatic carbocycles. The van der Waals surface area contributed by atoms with E-state index in [1.807, 2.05) is 0 Å². The van der Waals surface area contributed by atoms with E-state index in [-0.39, 0.29) is 0 Å². The van der Waals surface area contributed by atoms with Crippen molar-refractivity contribution < 1.29 is 8.23 Å². The van der Waals surface area contributed by atoms with Crippen molar-refractivity contribution in [2.24, 2.45) is 0 Å². The Bertz CT molecular complexity index is 277. The lowest BCUT2D eigenvalue weighted by Crippen LogP contribution is -2.45. The maximum atomic E-state index is 7.02. The fourth-order valence-corrected chi connectivity index (χ4v) is 18.2.